The van der Waals surface area contributed by atoms with E-state index >= 15 is 0 Å². The summed E-state index contributed by atoms with van der Waals surface area (Å²) in [5.74, 6) is -0.633. The van der Waals surface area contributed by atoms with Crippen LogP contribution in [0.3, 0.4) is 0 Å². The van der Waals surface area contributed by atoms with Crippen molar-refractivity contribution >= 4 is 5.91 Å². The van der Waals surface area contributed by atoms with Crippen LogP contribution in [0.2, 0.25) is 0 Å². The van der Waals surface area contributed by atoms with Gasteiger partial charge < -0.3 is 5.32 Å². The number of benzene rings is 1. The van der Waals surface area contributed by atoms with Gasteiger partial charge in [-0.25, -0.2) is 4.68 Å². The molecule has 0 saturated heterocycles. The lowest BCUT2D eigenvalue weighted by atomic mass is 10.2. The number of nitrogens with zero attached hydrogens (tertiary/aromatic N) is 4. The SMILES string of the molecule is Cc1nn(-c2ccccc2)c(C)c1CNC(=O)c1cc(C(F)(F)F)nn1C. The van der Waals surface area contributed by atoms with Crippen LogP contribution in [0.25, 0.3) is 5.69 Å². The molecule has 1 N–H and O–H groups in total. The molecule has 0 spiro atoms. The first kappa shape index (κ1) is 18.7. The lowest BCUT2D eigenvalue weighted by Gasteiger charge is -2.07. The van der Waals surface area contributed by atoms with Crippen LogP contribution in [-0.4, -0.2) is 25.5 Å². The molecule has 2 aromatic heterocycles. The van der Waals surface area contributed by atoms with Crippen molar-refractivity contribution in [2.24, 2.45) is 7.05 Å². The fourth-order valence-electron chi connectivity index (χ4n) is 2.83. The maximum Gasteiger partial charge on any atom is 0.435 e. The van der Waals surface area contributed by atoms with Gasteiger partial charge in [0.25, 0.3) is 5.91 Å². The highest BCUT2D eigenvalue weighted by Gasteiger charge is 2.35. The third-order valence-electron chi connectivity index (χ3n) is 4.27. The predicted molar refractivity (Wildman–Crippen MR) is 92.4 cm³/mol. The molecule has 0 fully saturated rings. The fraction of sp³-hybridized carbons (Fsp3) is 0.278. The summed E-state index contributed by atoms with van der Waals surface area (Å²) in [7, 11) is 1.30. The molecule has 0 bridgehead atoms. The van der Waals surface area contributed by atoms with Crippen molar-refractivity contribution in [2.45, 2.75) is 26.6 Å². The lowest BCUT2D eigenvalue weighted by Crippen LogP contribution is -2.25. The Hall–Kier alpha value is -3.10. The van der Waals surface area contributed by atoms with Crippen molar-refractivity contribution in [3.63, 3.8) is 0 Å². The summed E-state index contributed by atoms with van der Waals surface area (Å²) in [6.45, 7) is 3.84. The summed E-state index contributed by atoms with van der Waals surface area (Å²) in [6.07, 6.45) is -4.60. The Labute approximate surface area is 153 Å². The summed E-state index contributed by atoms with van der Waals surface area (Å²) in [6, 6.07) is 10.3. The summed E-state index contributed by atoms with van der Waals surface area (Å²) in [4.78, 5) is 12.3. The largest absolute Gasteiger partial charge is 0.435 e. The number of hydrogen-bond acceptors (Lipinski definition) is 3. The molecule has 3 aromatic rings. The number of hydrogen-bond donors (Lipinski definition) is 1. The van der Waals surface area contributed by atoms with Gasteiger partial charge in [-0.2, -0.15) is 23.4 Å². The highest BCUT2D eigenvalue weighted by molar-refractivity contribution is 5.92. The Morgan fingerprint density at radius 1 is 1.15 bits per heavy atom. The van der Waals surface area contributed by atoms with Gasteiger partial charge in [0.05, 0.1) is 11.4 Å². The van der Waals surface area contributed by atoms with E-state index in [-0.39, 0.29) is 12.2 Å². The topological polar surface area (TPSA) is 64.7 Å². The third kappa shape index (κ3) is 3.71. The van der Waals surface area contributed by atoms with E-state index in [1.54, 1.807) is 4.68 Å². The number of para-hydroxylation sites is 1. The Morgan fingerprint density at radius 2 is 1.81 bits per heavy atom. The van der Waals surface area contributed by atoms with E-state index in [0.29, 0.717) is 0 Å². The minimum atomic E-state index is -4.60. The van der Waals surface area contributed by atoms with Gasteiger partial charge in [0.1, 0.15) is 5.69 Å². The maximum atomic E-state index is 12.7. The Bertz CT molecular complexity index is 973. The number of carbonyl (C=O) groups excluding carboxylic acids is 1. The van der Waals surface area contributed by atoms with E-state index in [1.165, 1.54) is 7.05 Å². The first-order valence-corrected chi connectivity index (χ1v) is 8.18. The van der Waals surface area contributed by atoms with Gasteiger partial charge in [-0.3, -0.25) is 9.48 Å². The summed E-state index contributed by atoms with van der Waals surface area (Å²) in [5, 5.41) is 10.5. The number of aryl methyl sites for hydroxylation is 2. The van der Waals surface area contributed by atoms with Crippen LogP contribution in [0.15, 0.2) is 36.4 Å². The number of carbonyl (C=O) groups is 1. The second kappa shape index (κ2) is 6.90. The number of halogens is 3. The van der Waals surface area contributed by atoms with Crippen LogP contribution in [0.5, 0.6) is 0 Å². The van der Waals surface area contributed by atoms with Crippen molar-refractivity contribution in [3.05, 3.63) is 64.7 Å². The lowest BCUT2D eigenvalue weighted by molar-refractivity contribution is -0.141. The molecule has 0 saturated carbocycles. The number of amides is 1. The van der Waals surface area contributed by atoms with Gasteiger partial charge in [-0.05, 0) is 26.0 Å². The summed E-state index contributed by atoms with van der Waals surface area (Å²) < 4.78 is 40.9. The second-order valence-corrected chi connectivity index (χ2v) is 6.12. The first-order chi connectivity index (χ1) is 12.7. The van der Waals surface area contributed by atoms with Crippen molar-refractivity contribution < 1.29 is 18.0 Å². The normalized spacial score (nSPS) is 11.6. The first-order valence-electron chi connectivity index (χ1n) is 8.18. The second-order valence-electron chi connectivity index (χ2n) is 6.12. The number of alkyl halides is 3. The van der Waals surface area contributed by atoms with Crippen LogP contribution in [0, 0.1) is 13.8 Å². The monoisotopic (exact) mass is 377 g/mol. The van der Waals surface area contributed by atoms with E-state index in [2.05, 4.69) is 15.5 Å². The molecule has 0 aliphatic carbocycles. The molecule has 0 atom stereocenters. The Morgan fingerprint density at radius 3 is 2.41 bits per heavy atom. The highest BCUT2D eigenvalue weighted by atomic mass is 19.4. The smallest absolute Gasteiger partial charge is 0.346 e. The Balaban J connectivity index is 1.79. The van der Waals surface area contributed by atoms with E-state index in [9.17, 15) is 18.0 Å². The minimum Gasteiger partial charge on any atom is -0.346 e. The van der Waals surface area contributed by atoms with E-state index < -0.39 is 17.8 Å². The quantitative estimate of drug-likeness (QED) is 0.760. The zero-order chi connectivity index (χ0) is 19.8. The molecule has 142 valence electrons. The highest BCUT2D eigenvalue weighted by Crippen LogP contribution is 2.28. The van der Waals surface area contributed by atoms with Crippen LogP contribution < -0.4 is 5.32 Å². The molecule has 1 amide bonds. The third-order valence-corrected chi connectivity index (χ3v) is 4.27. The van der Waals surface area contributed by atoms with Crippen LogP contribution >= 0.6 is 0 Å². The molecule has 2 heterocycles. The maximum absolute atomic E-state index is 12.7. The molecule has 0 unspecified atom stereocenters. The van der Waals surface area contributed by atoms with Crippen LogP contribution in [-0.2, 0) is 19.8 Å². The fourth-order valence-corrected chi connectivity index (χ4v) is 2.83. The standard InChI is InChI=1S/C18H18F3N5O/c1-11-14(12(2)26(23-11)13-7-5-4-6-8-13)10-22-17(27)15-9-16(18(19,20)21)24-25(15)3/h4-9H,10H2,1-3H3,(H,22,27). The van der Waals surface area contributed by atoms with Crippen LogP contribution in [0.4, 0.5) is 13.2 Å². The van der Waals surface area contributed by atoms with Crippen molar-refractivity contribution in [1.82, 2.24) is 24.9 Å². The number of nitrogens with one attached hydrogen (secondary N) is 1. The van der Waals surface area contributed by atoms with Gasteiger partial charge in [0.2, 0.25) is 0 Å². The summed E-state index contributed by atoms with van der Waals surface area (Å²) >= 11 is 0. The van der Waals surface area contributed by atoms with Gasteiger partial charge in [-0.15, -0.1) is 0 Å². The van der Waals surface area contributed by atoms with Crippen molar-refractivity contribution in [1.29, 1.82) is 0 Å². The summed E-state index contributed by atoms with van der Waals surface area (Å²) in [5.41, 5.74) is 2.02. The molecule has 27 heavy (non-hydrogen) atoms. The van der Waals surface area contributed by atoms with Gasteiger partial charge in [-0.1, -0.05) is 18.2 Å². The molecule has 0 aliphatic heterocycles. The number of rotatable bonds is 4. The van der Waals surface area contributed by atoms with Gasteiger partial charge in [0.15, 0.2) is 5.69 Å². The van der Waals surface area contributed by atoms with Gasteiger partial charge >= 0.3 is 6.18 Å². The van der Waals surface area contributed by atoms with Gasteiger partial charge in [0, 0.05) is 30.9 Å². The molecule has 0 aliphatic rings. The van der Waals surface area contributed by atoms with E-state index in [0.717, 1.165) is 33.4 Å². The number of aromatic nitrogens is 4. The molecular weight excluding hydrogens is 359 g/mol. The molecule has 3 rings (SSSR count). The zero-order valence-corrected chi connectivity index (χ0v) is 15.0. The predicted octanol–water partition coefficient (Wildman–Crippen LogP) is 3.17. The average Bonchev–Trinajstić information content (AvgIpc) is 3.14. The Kier molecular flexibility index (Phi) is 4.77. The van der Waals surface area contributed by atoms with E-state index in [1.807, 2.05) is 44.2 Å². The molecule has 0 radical (unpaired) electrons. The van der Waals surface area contributed by atoms with Crippen molar-refractivity contribution in [2.75, 3.05) is 0 Å². The average molecular weight is 377 g/mol. The van der Waals surface area contributed by atoms with Crippen molar-refractivity contribution in [3.8, 4) is 5.69 Å². The minimum absolute atomic E-state index is 0.149. The molecule has 6 nitrogen and oxygen atoms in total. The van der Waals surface area contributed by atoms with Crippen LogP contribution in [0.1, 0.15) is 33.1 Å². The molecular formula is C18H18F3N5O. The molecule has 1 aromatic carbocycles. The zero-order valence-electron chi connectivity index (χ0n) is 15.0. The van der Waals surface area contributed by atoms with E-state index in [4.69, 9.17) is 0 Å². The molecule has 9 heteroatoms.